The van der Waals surface area contributed by atoms with Crippen molar-refractivity contribution in [1.82, 2.24) is 15.1 Å². The van der Waals surface area contributed by atoms with E-state index in [1.807, 2.05) is 13.8 Å². The van der Waals surface area contributed by atoms with Gasteiger partial charge in [0.05, 0.1) is 31.6 Å². The van der Waals surface area contributed by atoms with Gasteiger partial charge in [0.15, 0.2) is 0 Å². The summed E-state index contributed by atoms with van der Waals surface area (Å²) in [7, 11) is 0. The van der Waals surface area contributed by atoms with Gasteiger partial charge in [-0.1, -0.05) is 0 Å². The van der Waals surface area contributed by atoms with Crippen molar-refractivity contribution in [1.29, 1.82) is 0 Å². The topological polar surface area (TPSA) is 78.5 Å². The number of aromatic amines is 1. The number of aromatic nitrogens is 2. The highest BCUT2D eigenvalue weighted by atomic mass is 16.5. The van der Waals surface area contributed by atoms with E-state index >= 15 is 0 Å². The third-order valence-corrected chi connectivity index (χ3v) is 2.47. The van der Waals surface area contributed by atoms with Crippen molar-refractivity contribution in [2.75, 3.05) is 32.9 Å². The Bertz CT molecular complexity index is 351. The number of likely N-dealkylation sites (N-methyl/N-ethyl adjacent to an activating group) is 1. The number of ether oxygens (including phenoxy) is 1. The third kappa shape index (κ3) is 3.83. The van der Waals surface area contributed by atoms with Crippen LogP contribution in [0.1, 0.15) is 23.0 Å². The van der Waals surface area contributed by atoms with Crippen molar-refractivity contribution in [3.05, 3.63) is 17.5 Å². The Morgan fingerprint density at radius 3 is 2.88 bits per heavy atom. The molecule has 6 heteroatoms. The zero-order valence-electron chi connectivity index (χ0n) is 10.3. The maximum absolute atomic E-state index is 12.1. The normalized spacial score (nSPS) is 10.5. The van der Waals surface area contributed by atoms with Gasteiger partial charge in [-0.25, -0.2) is 0 Å². The van der Waals surface area contributed by atoms with Crippen molar-refractivity contribution < 1.29 is 14.6 Å². The van der Waals surface area contributed by atoms with Crippen molar-refractivity contribution in [3.63, 3.8) is 0 Å². The number of amides is 1. The molecule has 0 unspecified atom stereocenters. The van der Waals surface area contributed by atoms with Gasteiger partial charge < -0.3 is 14.7 Å². The van der Waals surface area contributed by atoms with E-state index in [-0.39, 0.29) is 12.5 Å². The maximum Gasteiger partial charge on any atom is 0.257 e. The number of aryl methyl sites for hydroxylation is 1. The number of H-pyrrole nitrogens is 1. The van der Waals surface area contributed by atoms with Crippen molar-refractivity contribution in [2.24, 2.45) is 0 Å². The van der Waals surface area contributed by atoms with Gasteiger partial charge in [-0.3, -0.25) is 9.89 Å². The molecule has 6 nitrogen and oxygen atoms in total. The second-order valence-electron chi connectivity index (χ2n) is 3.63. The Balaban J connectivity index is 2.50. The highest BCUT2D eigenvalue weighted by Gasteiger charge is 2.17. The molecular formula is C11H19N3O3. The standard InChI is InChI=1S/C11H19N3O3/c1-3-14(4-6-17-7-5-15)11(16)10-8-12-13-9(10)2/h8,15H,3-7H2,1-2H3,(H,12,13). The minimum absolute atomic E-state index is 0.000903. The van der Waals surface area contributed by atoms with Crippen molar-refractivity contribution in [2.45, 2.75) is 13.8 Å². The third-order valence-electron chi connectivity index (χ3n) is 2.47. The molecule has 0 atom stereocenters. The summed E-state index contributed by atoms with van der Waals surface area (Å²) in [5.74, 6) is -0.0497. The van der Waals surface area contributed by atoms with Crippen LogP contribution in [0.2, 0.25) is 0 Å². The van der Waals surface area contributed by atoms with E-state index in [4.69, 9.17) is 9.84 Å². The Hall–Kier alpha value is -1.40. The number of aliphatic hydroxyl groups is 1. The van der Waals surface area contributed by atoms with Crippen molar-refractivity contribution in [3.8, 4) is 0 Å². The van der Waals surface area contributed by atoms with Gasteiger partial charge in [0.1, 0.15) is 0 Å². The van der Waals surface area contributed by atoms with E-state index in [1.54, 1.807) is 4.90 Å². The Labute approximate surface area is 101 Å². The molecule has 1 rings (SSSR count). The van der Waals surface area contributed by atoms with E-state index in [9.17, 15) is 4.79 Å². The van der Waals surface area contributed by atoms with Gasteiger partial charge in [-0.05, 0) is 13.8 Å². The molecule has 0 aromatic carbocycles. The summed E-state index contributed by atoms with van der Waals surface area (Å²) in [6, 6.07) is 0. The summed E-state index contributed by atoms with van der Waals surface area (Å²) in [4.78, 5) is 13.8. The first kappa shape index (κ1) is 13.7. The molecular weight excluding hydrogens is 222 g/mol. The quantitative estimate of drug-likeness (QED) is 0.668. The van der Waals surface area contributed by atoms with Gasteiger partial charge in [0.2, 0.25) is 0 Å². The fourth-order valence-electron chi connectivity index (χ4n) is 1.48. The second kappa shape index (κ2) is 7.03. The monoisotopic (exact) mass is 241 g/mol. The minimum Gasteiger partial charge on any atom is -0.394 e. The van der Waals surface area contributed by atoms with Gasteiger partial charge in [-0.2, -0.15) is 5.10 Å². The van der Waals surface area contributed by atoms with E-state index < -0.39 is 0 Å². The number of nitrogens with zero attached hydrogens (tertiary/aromatic N) is 2. The van der Waals surface area contributed by atoms with E-state index in [0.29, 0.717) is 31.9 Å². The van der Waals surface area contributed by atoms with E-state index in [2.05, 4.69) is 10.2 Å². The molecule has 1 heterocycles. The summed E-state index contributed by atoms with van der Waals surface area (Å²) in [6.07, 6.45) is 1.54. The lowest BCUT2D eigenvalue weighted by Gasteiger charge is -2.20. The molecule has 0 radical (unpaired) electrons. The smallest absolute Gasteiger partial charge is 0.257 e. The van der Waals surface area contributed by atoms with Gasteiger partial charge in [-0.15, -0.1) is 0 Å². The molecule has 1 aromatic rings. The lowest BCUT2D eigenvalue weighted by molar-refractivity contribution is 0.0578. The molecule has 0 saturated carbocycles. The molecule has 0 saturated heterocycles. The number of carbonyl (C=O) groups is 1. The van der Waals surface area contributed by atoms with E-state index in [1.165, 1.54) is 6.20 Å². The molecule has 96 valence electrons. The number of nitrogens with one attached hydrogen (secondary N) is 1. The number of rotatable bonds is 7. The minimum atomic E-state index is -0.0497. The zero-order valence-corrected chi connectivity index (χ0v) is 10.3. The van der Waals surface area contributed by atoms with Crippen LogP contribution >= 0.6 is 0 Å². The molecule has 1 aromatic heterocycles. The first-order valence-electron chi connectivity index (χ1n) is 5.68. The second-order valence-corrected chi connectivity index (χ2v) is 3.63. The molecule has 0 aliphatic carbocycles. The predicted octanol–water partition coefficient (Wildman–Crippen LogP) is 0.189. The average molecular weight is 241 g/mol. The van der Waals surface area contributed by atoms with Crippen LogP contribution in [0.5, 0.6) is 0 Å². The zero-order chi connectivity index (χ0) is 12.7. The average Bonchev–Trinajstić information content (AvgIpc) is 2.75. The molecule has 1 amide bonds. The van der Waals surface area contributed by atoms with E-state index in [0.717, 1.165) is 5.69 Å². The first-order chi connectivity index (χ1) is 8.20. The summed E-state index contributed by atoms with van der Waals surface area (Å²) < 4.78 is 5.15. The molecule has 0 aliphatic rings. The number of carbonyl (C=O) groups excluding carboxylic acids is 1. The lowest BCUT2D eigenvalue weighted by Crippen LogP contribution is -2.34. The molecule has 17 heavy (non-hydrogen) atoms. The molecule has 0 bridgehead atoms. The number of hydrogen-bond donors (Lipinski definition) is 2. The fourth-order valence-corrected chi connectivity index (χ4v) is 1.48. The van der Waals surface area contributed by atoms with Crippen LogP contribution in [-0.2, 0) is 4.74 Å². The van der Waals surface area contributed by atoms with Crippen LogP contribution in [0, 0.1) is 6.92 Å². The fraction of sp³-hybridized carbons (Fsp3) is 0.636. The summed E-state index contributed by atoms with van der Waals surface area (Å²) in [5.41, 5.74) is 1.36. The van der Waals surface area contributed by atoms with Crippen LogP contribution in [0.4, 0.5) is 0 Å². The van der Waals surface area contributed by atoms with Crippen LogP contribution < -0.4 is 0 Å². The Kier molecular flexibility index (Phi) is 5.65. The summed E-state index contributed by atoms with van der Waals surface area (Å²) >= 11 is 0. The highest BCUT2D eigenvalue weighted by molar-refractivity contribution is 5.94. The van der Waals surface area contributed by atoms with Crippen LogP contribution in [-0.4, -0.2) is 59.0 Å². The van der Waals surface area contributed by atoms with Crippen LogP contribution in [0.3, 0.4) is 0 Å². The van der Waals surface area contributed by atoms with Crippen LogP contribution in [0.15, 0.2) is 6.20 Å². The Morgan fingerprint density at radius 2 is 2.35 bits per heavy atom. The van der Waals surface area contributed by atoms with Crippen molar-refractivity contribution >= 4 is 5.91 Å². The molecule has 0 fully saturated rings. The van der Waals surface area contributed by atoms with Gasteiger partial charge >= 0.3 is 0 Å². The van der Waals surface area contributed by atoms with Crippen LogP contribution in [0.25, 0.3) is 0 Å². The molecule has 0 aliphatic heterocycles. The van der Waals surface area contributed by atoms with Gasteiger partial charge in [0.25, 0.3) is 5.91 Å². The summed E-state index contributed by atoms with van der Waals surface area (Å²) in [5, 5.41) is 15.1. The molecule has 2 N–H and O–H groups in total. The number of hydrogen-bond acceptors (Lipinski definition) is 4. The summed E-state index contributed by atoms with van der Waals surface area (Å²) in [6.45, 7) is 5.59. The first-order valence-corrected chi connectivity index (χ1v) is 5.68. The Morgan fingerprint density at radius 1 is 1.59 bits per heavy atom. The highest BCUT2D eigenvalue weighted by Crippen LogP contribution is 2.07. The van der Waals surface area contributed by atoms with Gasteiger partial charge in [0, 0.05) is 18.8 Å². The largest absolute Gasteiger partial charge is 0.394 e. The SMILES string of the molecule is CCN(CCOCCO)C(=O)c1cn[nH]c1C. The maximum atomic E-state index is 12.1. The lowest BCUT2D eigenvalue weighted by atomic mass is 10.2. The molecule has 0 spiro atoms. The predicted molar refractivity (Wildman–Crippen MR) is 62.8 cm³/mol. The number of aliphatic hydroxyl groups excluding tert-OH is 1.